The third-order valence-corrected chi connectivity index (χ3v) is 4.60. The number of benzene rings is 2. The topological polar surface area (TPSA) is 67.5 Å². The van der Waals surface area contributed by atoms with Crippen molar-refractivity contribution in [3.05, 3.63) is 70.0 Å². The van der Waals surface area contributed by atoms with Gasteiger partial charge in [-0.15, -0.1) is 0 Å². The van der Waals surface area contributed by atoms with E-state index < -0.39 is 5.76 Å². The van der Waals surface area contributed by atoms with E-state index >= 15 is 0 Å². The van der Waals surface area contributed by atoms with E-state index in [-0.39, 0.29) is 18.3 Å². The molecule has 0 radical (unpaired) electrons. The number of amides is 1. The molecule has 7 heteroatoms. The zero-order valence-corrected chi connectivity index (χ0v) is 14.1. The van der Waals surface area contributed by atoms with Gasteiger partial charge >= 0.3 is 5.76 Å². The highest BCUT2D eigenvalue weighted by molar-refractivity contribution is 5.97. The van der Waals surface area contributed by atoms with Crippen LogP contribution in [0.25, 0.3) is 11.1 Å². The Hall–Kier alpha value is -2.93. The minimum atomic E-state index is -0.574. The first kappa shape index (κ1) is 16.5. The van der Waals surface area contributed by atoms with Crippen molar-refractivity contribution in [1.82, 2.24) is 14.8 Å². The Morgan fingerprint density at radius 1 is 1.15 bits per heavy atom. The van der Waals surface area contributed by atoms with Crippen LogP contribution < -0.4 is 11.1 Å². The van der Waals surface area contributed by atoms with E-state index in [9.17, 15) is 14.0 Å². The molecule has 2 aromatic carbocycles. The number of piperazine rings is 1. The minimum Gasteiger partial charge on any atom is -0.408 e. The number of halogens is 1. The number of carbonyl (C=O) groups excluding carboxylic acids is 1. The summed E-state index contributed by atoms with van der Waals surface area (Å²) < 4.78 is 20.5. The van der Waals surface area contributed by atoms with Crippen LogP contribution in [0.1, 0.15) is 15.9 Å². The smallest absolute Gasteiger partial charge is 0.408 e. The second-order valence-electron chi connectivity index (χ2n) is 6.27. The zero-order chi connectivity index (χ0) is 18.1. The number of nitrogens with zero attached hydrogens (tertiary/aromatic N) is 2. The molecule has 0 atom stereocenters. The molecule has 2 heterocycles. The van der Waals surface area contributed by atoms with Gasteiger partial charge in [-0.3, -0.25) is 9.36 Å². The van der Waals surface area contributed by atoms with Gasteiger partial charge in [0, 0.05) is 37.3 Å². The molecule has 1 aliphatic heterocycles. The van der Waals surface area contributed by atoms with Gasteiger partial charge in [-0.05, 0) is 24.3 Å². The molecule has 1 fully saturated rings. The van der Waals surface area contributed by atoms with Gasteiger partial charge in [0.05, 0.1) is 12.1 Å². The van der Waals surface area contributed by atoms with E-state index in [2.05, 4.69) is 5.32 Å². The van der Waals surface area contributed by atoms with Crippen molar-refractivity contribution in [3.63, 3.8) is 0 Å². The summed E-state index contributed by atoms with van der Waals surface area (Å²) in [5, 5.41) is 3.21. The molecule has 1 aromatic heterocycles. The van der Waals surface area contributed by atoms with Gasteiger partial charge in [0.1, 0.15) is 5.82 Å². The molecule has 0 saturated carbocycles. The maximum atomic E-state index is 14.0. The van der Waals surface area contributed by atoms with E-state index in [0.717, 1.165) is 13.1 Å². The maximum Gasteiger partial charge on any atom is 0.420 e. The van der Waals surface area contributed by atoms with Crippen LogP contribution in [0.5, 0.6) is 0 Å². The van der Waals surface area contributed by atoms with Crippen LogP contribution in [0.15, 0.2) is 51.7 Å². The van der Waals surface area contributed by atoms with Crippen LogP contribution in [0.2, 0.25) is 0 Å². The Morgan fingerprint density at radius 3 is 2.69 bits per heavy atom. The van der Waals surface area contributed by atoms with Gasteiger partial charge in [-0.25, -0.2) is 9.18 Å². The molecule has 1 amide bonds. The normalized spacial score (nSPS) is 14.7. The molecule has 1 N–H and O–H groups in total. The standard InChI is InChI=1S/C19H18FN3O3/c20-15-4-2-1-3-14(15)12-23-16-11-13(5-6-17(16)26-19(23)25)18(24)22-9-7-21-8-10-22/h1-6,11,21H,7-10,12H2. The summed E-state index contributed by atoms with van der Waals surface area (Å²) in [6, 6.07) is 11.2. The molecular formula is C19H18FN3O3. The van der Waals surface area contributed by atoms with Crippen molar-refractivity contribution in [2.75, 3.05) is 26.2 Å². The fourth-order valence-corrected chi connectivity index (χ4v) is 3.19. The van der Waals surface area contributed by atoms with Crippen molar-refractivity contribution >= 4 is 17.0 Å². The Morgan fingerprint density at radius 2 is 1.92 bits per heavy atom. The van der Waals surface area contributed by atoms with Crippen molar-refractivity contribution < 1.29 is 13.6 Å². The molecule has 3 aromatic rings. The molecule has 0 spiro atoms. The number of fused-ring (bicyclic) bond motifs is 1. The van der Waals surface area contributed by atoms with Crippen molar-refractivity contribution in [2.24, 2.45) is 0 Å². The summed E-state index contributed by atoms with van der Waals surface area (Å²) in [6.45, 7) is 2.85. The van der Waals surface area contributed by atoms with Crippen LogP contribution in [0, 0.1) is 5.82 Å². The quantitative estimate of drug-likeness (QED) is 0.778. The molecule has 4 rings (SSSR count). The zero-order valence-electron chi connectivity index (χ0n) is 14.1. The average Bonchev–Trinajstić information content (AvgIpc) is 2.98. The summed E-state index contributed by atoms with van der Waals surface area (Å²) in [6.07, 6.45) is 0. The molecule has 0 aliphatic carbocycles. The number of nitrogens with one attached hydrogen (secondary N) is 1. The predicted molar refractivity (Wildman–Crippen MR) is 94.7 cm³/mol. The first-order valence-electron chi connectivity index (χ1n) is 8.50. The lowest BCUT2D eigenvalue weighted by Crippen LogP contribution is -2.46. The van der Waals surface area contributed by atoms with Gasteiger partial charge in [0.2, 0.25) is 0 Å². The Bertz CT molecular complexity index is 1020. The van der Waals surface area contributed by atoms with Crippen molar-refractivity contribution in [2.45, 2.75) is 6.54 Å². The average molecular weight is 355 g/mol. The minimum absolute atomic E-state index is 0.0454. The Balaban J connectivity index is 1.72. The van der Waals surface area contributed by atoms with E-state index in [1.807, 2.05) is 0 Å². The fraction of sp³-hybridized carbons (Fsp3) is 0.263. The summed E-state index contributed by atoms with van der Waals surface area (Å²) in [7, 11) is 0. The summed E-state index contributed by atoms with van der Waals surface area (Å²) >= 11 is 0. The Labute approximate surface area is 148 Å². The van der Waals surface area contributed by atoms with Crippen LogP contribution in [0.4, 0.5) is 4.39 Å². The molecule has 26 heavy (non-hydrogen) atoms. The first-order valence-corrected chi connectivity index (χ1v) is 8.50. The third-order valence-electron chi connectivity index (χ3n) is 4.60. The monoisotopic (exact) mass is 355 g/mol. The largest absolute Gasteiger partial charge is 0.420 e. The van der Waals surface area contributed by atoms with Gasteiger partial charge in [0.25, 0.3) is 5.91 Å². The predicted octanol–water partition coefficient (Wildman–Crippen LogP) is 1.83. The molecule has 0 bridgehead atoms. The van der Waals surface area contributed by atoms with Crippen molar-refractivity contribution in [1.29, 1.82) is 0 Å². The number of hydrogen-bond acceptors (Lipinski definition) is 4. The summed E-state index contributed by atoms with van der Waals surface area (Å²) in [4.78, 5) is 26.7. The molecule has 1 saturated heterocycles. The number of oxazole rings is 1. The number of carbonyl (C=O) groups is 1. The van der Waals surface area contributed by atoms with Gasteiger partial charge < -0.3 is 14.6 Å². The molecule has 134 valence electrons. The van der Waals surface area contributed by atoms with Crippen LogP contribution >= 0.6 is 0 Å². The highest BCUT2D eigenvalue weighted by atomic mass is 19.1. The van der Waals surface area contributed by atoms with E-state index in [1.54, 1.807) is 41.3 Å². The number of hydrogen-bond donors (Lipinski definition) is 1. The van der Waals surface area contributed by atoms with Gasteiger partial charge in [0.15, 0.2) is 5.58 Å². The molecule has 1 aliphatic rings. The molecular weight excluding hydrogens is 337 g/mol. The second-order valence-corrected chi connectivity index (χ2v) is 6.27. The van der Waals surface area contributed by atoms with E-state index in [4.69, 9.17) is 4.42 Å². The lowest BCUT2D eigenvalue weighted by molar-refractivity contribution is 0.0736. The van der Waals surface area contributed by atoms with Crippen LogP contribution in [-0.4, -0.2) is 41.6 Å². The van der Waals surface area contributed by atoms with Gasteiger partial charge in [-0.1, -0.05) is 18.2 Å². The number of rotatable bonds is 3. The third kappa shape index (κ3) is 3.01. The first-order chi connectivity index (χ1) is 12.6. The SMILES string of the molecule is O=C(c1ccc2oc(=O)n(Cc3ccccc3F)c2c1)N1CCNCC1. The fourth-order valence-electron chi connectivity index (χ4n) is 3.19. The second kappa shape index (κ2) is 6.76. The van der Waals surface area contributed by atoms with Gasteiger partial charge in [-0.2, -0.15) is 0 Å². The van der Waals surface area contributed by atoms with E-state index in [1.165, 1.54) is 10.6 Å². The number of aromatic nitrogens is 1. The highest BCUT2D eigenvalue weighted by Gasteiger charge is 2.20. The van der Waals surface area contributed by atoms with E-state index in [0.29, 0.717) is 35.3 Å². The Kier molecular flexibility index (Phi) is 4.30. The highest BCUT2D eigenvalue weighted by Crippen LogP contribution is 2.19. The molecule has 0 unspecified atom stereocenters. The maximum absolute atomic E-state index is 14.0. The summed E-state index contributed by atoms with van der Waals surface area (Å²) in [5.41, 5.74) is 1.74. The van der Waals surface area contributed by atoms with Crippen LogP contribution in [-0.2, 0) is 6.54 Å². The lowest BCUT2D eigenvalue weighted by atomic mass is 10.1. The van der Waals surface area contributed by atoms with Crippen molar-refractivity contribution in [3.8, 4) is 0 Å². The summed E-state index contributed by atoms with van der Waals surface area (Å²) in [5.74, 6) is -1.05. The lowest BCUT2D eigenvalue weighted by Gasteiger charge is -2.27. The molecule has 6 nitrogen and oxygen atoms in total. The van der Waals surface area contributed by atoms with Crippen LogP contribution in [0.3, 0.4) is 0 Å².